The Morgan fingerprint density at radius 1 is 1.21 bits per heavy atom. The summed E-state index contributed by atoms with van der Waals surface area (Å²) in [5, 5.41) is 12.6. The van der Waals surface area contributed by atoms with Crippen molar-refractivity contribution in [2.75, 3.05) is 18.5 Å². The van der Waals surface area contributed by atoms with Gasteiger partial charge in [-0.1, -0.05) is 55.2 Å². The molecule has 3 heterocycles. The number of rotatable bonds is 5. The Morgan fingerprint density at radius 3 is 2.64 bits per heavy atom. The van der Waals surface area contributed by atoms with E-state index < -0.39 is 28.5 Å². The topological polar surface area (TPSA) is 88.5 Å². The van der Waals surface area contributed by atoms with Crippen LogP contribution < -0.4 is 5.32 Å². The first-order valence-corrected chi connectivity index (χ1v) is 14.4. The van der Waals surface area contributed by atoms with Gasteiger partial charge in [0.1, 0.15) is 22.6 Å². The van der Waals surface area contributed by atoms with Crippen LogP contribution >= 0.6 is 23.2 Å². The predicted molar refractivity (Wildman–Crippen MR) is 146 cm³/mol. The van der Waals surface area contributed by atoms with E-state index in [0.29, 0.717) is 36.4 Å². The molecule has 1 saturated heterocycles. The number of ether oxygens (including phenoxy) is 1. The van der Waals surface area contributed by atoms with Gasteiger partial charge in [0.05, 0.1) is 29.8 Å². The zero-order valence-corrected chi connectivity index (χ0v) is 23.6. The first kappa shape index (κ1) is 27.1. The van der Waals surface area contributed by atoms with E-state index in [1.807, 2.05) is 6.07 Å². The third-order valence-electron chi connectivity index (χ3n) is 9.71. The van der Waals surface area contributed by atoms with E-state index in [2.05, 4.69) is 24.1 Å². The van der Waals surface area contributed by atoms with Crippen molar-refractivity contribution in [1.29, 1.82) is 0 Å². The molecule has 9 heteroatoms. The van der Waals surface area contributed by atoms with Gasteiger partial charge in [-0.05, 0) is 66.5 Å². The molecule has 2 aromatic rings. The molecule has 2 N–H and O–H groups in total. The Kier molecular flexibility index (Phi) is 6.61. The van der Waals surface area contributed by atoms with Gasteiger partial charge in [-0.2, -0.15) is 0 Å². The summed E-state index contributed by atoms with van der Waals surface area (Å²) in [6.45, 7) is 4.70. The summed E-state index contributed by atoms with van der Waals surface area (Å²) < 4.78 is 21.7. The lowest BCUT2D eigenvalue weighted by Gasteiger charge is -2.59. The van der Waals surface area contributed by atoms with Gasteiger partial charge in [0.25, 0.3) is 0 Å². The molecule has 2 aliphatic heterocycles. The Morgan fingerprint density at radius 2 is 1.97 bits per heavy atom. The van der Waals surface area contributed by atoms with E-state index >= 15 is 4.39 Å². The van der Waals surface area contributed by atoms with Crippen LogP contribution in [-0.4, -0.2) is 41.1 Å². The first-order chi connectivity index (χ1) is 18.5. The highest BCUT2D eigenvalue weighted by Gasteiger charge is 2.76. The van der Waals surface area contributed by atoms with Crippen molar-refractivity contribution in [1.82, 2.24) is 4.98 Å². The molecule has 0 unspecified atom stereocenters. The normalized spacial score (nSPS) is 32.2. The van der Waals surface area contributed by atoms with Crippen molar-refractivity contribution in [3.8, 4) is 0 Å². The molecule has 1 amide bonds. The minimum Gasteiger partial charge on any atom is -0.394 e. The molecule has 1 aromatic heterocycles. The van der Waals surface area contributed by atoms with Gasteiger partial charge in [-0.15, -0.1) is 0 Å². The van der Waals surface area contributed by atoms with Gasteiger partial charge in [-0.25, -0.2) is 9.37 Å². The van der Waals surface area contributed by atoms with Crippen LogP contribution in [0.15, 0.2) is 30.3 Å². The predicted octanol–water partition coefficient (Wildman–Crippen LogP) is 6.07. The number of pyridine rings is 1. The molecule has 2 spiro atoms. The highest BCUT2D eigenvalue weighted by Crippen LogP contribution is 2.77. The van der Waals surface area contributed by atoms with Crippen molar-refractivity contribution in [3.05, 3.63) is 57.5 Å². The summed E-state index contributed by atoms with van der Waals surface area (Å²) in [5.74, 6) is -1.77. The first-order valence-electron chi connectivity index (χ1n) is 13.7. The summed E-state index contributed by atoms with van der Waals surface area (Å²) in [4.78, 5) is 32.9. The number of halogens is 3. The van der Waals surface area contributed by atoms with E-state index in [-0.39, 0.29) is 52.3 Å². The molecule has 4 aliphatic rings. The number of hydrogen-bond donors (Lipinski definition) is 2. The second kappa shape index (κ2) is 9.51. The summed E-state index contributed by atoms with van der Waals surface area (Å²) in [6, 6.07) is 8.33. The Labute approximate surface area is 237 Å². The zero-order valence-electron chi connectivity index (χ0n) is 22.1. The number of hydrogen-bond acceptors (Lipinski definition) is 5. The van der Waals surface area contributed by atoms with E-state index in [0.717, 1.165) is 19.3 Å². The standard InChI is InChI=1S/C30H33Cl2FN2O4/c1-28(2)14-29(15-28)11-19(22(37)10-16-6-7-17(12-36)39-13-16)24(18-4-3-5-21(31)25(18)33)30(29)20-8-9-23(32)34-26(20)35-27(30)38/h3-5,8-9,16-17,19,24,36H,6-7,10-15H2,1-2H3,(H,34,35,38)/t16-,17-,19-,24-,30+/m0/s1. The van der Waals surface area contributed by atoms with Crippen LogP contribution in [0.1, 0.15) is 69.4 Å². The van der Waals surface area contributed by atoms with Crippen LogP contribution in [0.5, 0.6) is 0 Å². The van der Waals surface area contributed by atoms with E-state index in [9.17, 15) is 14.7 Å². The molecule has 39 heavy (non-hydrogen) atoms. The molecule has 3 fully saturated rings. The number of ketones is 1. The van der Waals surface area contributed by atoms with Crippen molar-refractivity contribution in [2.24, 2.45) is 22.7 Å². The highest BCUT2D eigenvalue weighted by molar-refractivity contribution is 6.31. The van der Waals surface area contributed by atoms with Crippen LogP contribution in [0.25, 0.3) is 0 Å². The fourth-order valence-corrected chi connectivity index (χ4v) is 8.99. The second-order valence-corrected chi connectivity index (χ2v) is 13.6. The van der Waals surface area contributed by atoms with Crippen molar-refractivity contribution in [3.63, 3.8) is 0 Å². The van der Waals surface area contributed by atoms with Crippen molar-refractivity contribution >= 4 is 40.7 Å². The number of anilines is 1. The number of nitrogens with one attached hydrogen (secondary N) is 1. The zero-order chi connectivity index (χ0) is 27.7. The lowest BCUT2D eigenvalue weighted by Crippen LogP contribution is -2.58. The number of nitrogens with zero attached hydrogens (tertiary/aromatic N) is 1. The molecule has 5 atom stereocenters. The van der Waals surface area contributed by atoms with Gasteiger partial charge in [0, 0.05) is 23.8 Å². The molecule has 1 aromatic carbocycles. The van der Waals surface area contributed by atoms with Crippen LogP contribution in [0, 0.1) is 28.5 Å². The number of carbonyl (C=O) groups is 2. The smallest absolute Gasteiger partial charge is 0.237 e. The molecule has 2 aliphatic carbocycles. The molecule has 6 rings (SSSR count). The molecule has 0 bridgehead atoms. The average Bonchev–Trinajstić information content (AvgIpc) is 3.33. The third-order valence-corrected chi connectivity index (χ3v) is 10.2. The Bertz CT molecular complexity index is 1330. The maximum Gasteiger partial charge on any atom is 0.237 e. The number of amides is 1. The van der Waals surface area contributed by atoms with E-state index in [1.165, 1.54) is 6.07 Å². The number of aliphatic hydroxyl groups excluding tert-OH is 1. The van der Waals surface area contributed by atoms with Gasteiger partial charge in [-0.3, -0.25) is 9.59 Å². The van der Waals surface area contributed by atoms with Crippen LogP contribution in [0.4, 0.5) is 10.2 Å². The molecule has 6 nitrogen and oxygen atoms in total. The quantitative estimate of drug-likeness (QED) is 0.423. The fraction of sp³-hybridized carbons (Fsp3) is 0.567. The molecular weight excluding hydrogens is 542 g/mol. The maximum absolute atomic E-state index is 15.9. The summed E-state index contributed by atoms with van der Waals surface area (Å²) in [7, 11) is 0. The molecule has 2 saturated carbocycles. The average molecular weight is 576 g/mol. The highest BCUT2D eigenvalue weighted by atomic mass is 35.5. The lowest BCUT2D eigenvalue weighted by atomic mass is 9.43. The van der Waals surface area contributed by atoms with Gasteiger partial charge < -0.3 is 15.2 Å². The SMILES string of the molecule is CC1(C)CC2(C[C@@H](C(=O)C[C@@H]3CC[C@@H](CO)OC3)[C@H](c3cccc(Cl)c3F)[C@]23C(=O)Nc2nc(Cl)ccc23)C1. The fourth-order valence-electron chi connectivity index (χ4n) is 8.66. The Balaban J connectivity index is 1.49. The summed E-state index contributed by atoms with van der Waals surface area (Å²) in [5.41, 5.74) is -0.792. The number of benzene rings is 1. The largest absolute Gasteiger partial charge is 0.394 e. The number of aliphatic hydroxyl groups is 1. The van der Waals surface area contributed by atoms with Crippen LogP contribution in [0.2, 0.25) is 10.2 Å². The summed E-state index contributed by atoms with van der Waals surface area (Å²) >= 11 is 12.5. The summed E-state index contributed by atoms with van der Waals surface area (Å²) in [6.07, 6.45) is 3.48. The molecule has 208 valence electrons. The third kappa shape index (κ3) is 4.06. The molecular formula is C30H33Cl2FN2O4. The lowest BCUT2D eigenvalue weighted by molar-refractivity contribution is -0.135. The minimum absolute atomic E-state index is 0.0135. The number of aromatic nitrogens is 1. The minimum atomic E-state index is -1.19. The Hall–Kier alpha value is -2.06. The van der Waals surface area contributed by atoms with E-state index in [4.69, 9.17) is 27.9 Å². The van der Waals surface area contributed by atoms with E-state index in [1.54, 1.807) is 18.2 Å². The van der Waals surface area contributed by atoms with Crippen LogP contribution in [-0.2, 0) is 19.7 Å². The van der Waals surface area contributed by atoms with Crippen molar-refractivity contribution in [2.45, 2.75) is 69.8 Å². The second-order valence-electron chi connectivity index (χ2n) is 12.8. The number of fused-ring (bicyclic) bond motifs is 3. The number of Topliss-reactive ketones (excluding diaryl/α,β-unsaturated/α-hetero) is 1. The van der Waals surface area contributed by atoms with Crippen LogP contribution in [0.3, 0.4) is 0 Å². The monoisotopic (exact) mass is 574 g/mol. The number of carbonyl (C=O) groups excluding carboxylic acids is 2. The van der Waals surface area contributed by atoms with Gasteiger partial charge in [0.2, 0.25) is 5.91 Å². The maximum atomic E-state index is 15.9. The molecule has 0 radical (unpaired) electrons. The van der Waals surface area contributed by atoms with Gasteiger partial charge in [0.15, 0.2) is 0 Å². The van der Waals surface area contributed by atoms with Crippen molar-refractivity contribution < 1.29 is 23.8 Å². The van der Waals surface area contributed by atoms with Gasteiger partial charge >= 0.3 is 0 Å².